The Bertz CT molecular complexity index is 917. The van der Waals surface area contributed by atoms with Crippen LogP contribution >= 0.6 is 0 Å². The Morgan fingerprint density at radius 1 is 0.567 bits per heavy atom. The van der Waals surface area contributed by atoms with Gasteiger partial charge in [-0.1, -0.05) is 112 Å². The van der Waals surface area contributed by atoms with Crippen LogP contribution in [0, 0.1) is 11.3 Å². The monoisotopic (exact) mass is 400 g/mol. The summed E-state index contributed by atoms with van der Waals surface area (Å²) in [6.45, 7) is 7.35. The largest absolute Gasteiger partial charge is 0.295 e. The van der Waals surface area contributed by atoms with Crippen molar-refractivity contribution < 1.29 is 14.4 Å². The van der Waals surface area contributed by atoms with Gasteiger partial charge in [0.25, 0.3) is 0 Å². The van der Waals surface area contributed by atoms with Crippen LogP contribution in [0.25, 0.3) is 0 Å². The molecular formula is C27H28O3. The second-order valence-corrected chi connectivity index (χ2v) is 8.18. The van der Waals surface area contributed by atoms with Gasteiger partial charge in [-0.25, -0.2) is 0 Å². The van der Waals surface area contributed by atoms with E-state index in [1.165, 1.54) is 0 Å². The quantitative estimate of drug-likeness (QED) is 0.373. The van der Waals surface area contributed by atoms with Gasteiger partial charge in [0.1, 0.15) is 0 Å². The molecule has 0 saturated carbocycles. The second kappa shape index (κ2) is 10.4. The van der Waals surface area contributed by atoms with Crippen molar-refractivity contribution in [3.05, 3.63) is 108 Å². The molecule has 0 unspecified atom stereocenters. The SMILES string of the molecule is CC(=O)c1ccccc1.CC(C)(C)C(C(=O)c1ccccc1)C(=O)c1ccccc1. The molecule has 0 aliphatic rings. The van der Waals surface area contributed by atoms with Gasteiger partial charge in [-0.05, 0) is 12.3 Å². The smallest absolute Gasteiger partial charge is 0.174 e. The second-order valence-electron chi connectivity index (χ2n) is 8.18. The molecule has 0 atom stereocenters. The summed E-state index contributed by atoms with van der Waals surface area (Å²) in [5.41, 5.74) is 1.51. The molecule has 0 heterocycles. The molecule has 0 spiro atoms. The third-order valence-electron chi connectivity index (χ3n) is 4.69. The third kappa shape index (κ3) is 6.35. The van der Waals surface area contributed by atoms with E-state index in [-0.39, 0.29) is 17.3 Å². The highest BCUT2D eigenvalue weighted by Gasteiger charge is 2.38. The molecule has 3 aromatic rings. The van der Waals surface area contributed by atoms with E-state index in [1.807, 2.05) is 87.5 Å². The molecule has 154 valence electrons. The number of carbonyl (C=O) groups excluding carboxylic acids is 3. The van der Waals surface area contributed by atoms with E-state index in [9.17, 15) is 14.4 Å². The number of ketones is 3. The maximum absolute atomic E-state index is 12.8. The van der Waals surface area contributed by atoms with Gasteiger partial charge in [0.05, 0.1) is 5.92 Å². The maximum Gasteiger partial charge on any atom is 0.174 e. The van der Waals surface area contributed by atoms with Crippen LogP contribution in [0.3, 0.4) is 0 Å². The van der Waals surface area contributed by atoms with Crippen molar-refractivity contribution in [2.45, 2.75) is 27.7 Å². The summed E-state index contributed by atoms with van der Waals surface area (Å²) in [4.78, 5) is 36.2. The highest BCUT2D eigenvalue weighted by Crippen LogP contribution is 2.32. The first kappa shape index (κ1) is 23.0. The predicted molar refractivity (Wildman–Crippen MR) is 121 cm³/mol. The lowest BCUT2D eigenvalue weighted by atomic mass is 9.72. The zero-order valence-corrected chi connectivity index (χ0v) is 18.0. The first-order valence-corrected chi connectivity index (χ1v) is 9.96. The molecule has 0 aromatic heterocycles. The minimum absolute atomic E-state index is 0.114. The number of Topliss-reactive ketones (excluding diaryl/α,β-unsaturated/α-hetero) is 3. The first-order valence-electron chi connectivity index (χ1n) is 9.96. The minimum Gasteiger partial charge on any atom is -0.295 e. The van der Waals surface area contributed by atoms with Crippen molar-refractivity contribution in [1.82, 2.24) is 0 Å². The molecule has 0 N–H and O–H groups in total. The van der Waals surface area contributed by atoms with Crippen LogP contribution in [0.4, 0.5) is 0 Å². The number of hydrogen-bond donors (Lipinski definition) is 0. The van der Waals surface area contributed by atoms with Crippen molar-refractivity contribution >= 4 is 17.3 Å². The molecule has 3 nitrogen and oxygen atoms in total. The van der Waals surface area contributed by atoms with E-state index < -0.39 is 11.3 Å². The molecule has 0 radical (unpaired) electrons. The summed E-state index contributed by atoms with van der Waals surface area (Å²) in [5, 5.41) is 0. The summed E-state index contributed by atoms with van der Waals surface area (Å²) in [6.07, 6.45) is 0. The summed E-state index contributed by atoms with van der Waals surface area (Å²) in [5.74, 6) is -0.785. The van der Waals surface area contributed by atoms with E-state index >= 15 is 0 Å². The molecule has 0 aliphatic carbocycles. The zero-order chi connectivity index (χ0) is 22.1. The van der Waals surface area contributed by atoms with Gasteiger partial charge in [0, 0.05) is 16.7 Å². The Balaban J connectivity index is 0.000000297. The summed E-state index contributed by atoms with van der Waals surface area (Å²) in [6, 6.07) is 27.3. The standard InChI is InChI=1S/C19H20O2.C8H8O/c1-19(2,3)16(17(20)14-10-6-4-7-11-14)18(21)15-12-8-5-9-13-15;1-7(9)8-5-3-2-4-6-8/h4-13,16H,1-3H3;2-6H,1H3. The van der Waals surface area contributed by atoms with Crippen LogP contribution in [-0.2, 0) is 0 Å². The van der Waals surface area contributed by atoms with Gasteiger partial charge < -0.3 is 0 Å². The maximum atomic E-state index is 12.8. The Morgan fingerprint density at radius 3 is 1.10 bits per heavy atom. The summed E-state index contributed by atoms with van der Waals surface area (Å²) < 4.78 is 0. The van der Waals surface area contributed by atoms with E-state index in [4.69, 9.17) is 0 Å². The lowest BCUT2D eigenvalue weighted by Gasteiger charge is -2.28. The van der Waals surface area contributed by atoms with E-state index in [1.54, 1.807) is 31.2 Å². The van der Waals surface area contributed by atoms with Crippen molar-refractivity contribution in [3.8, 4) is 0 Å². The third-order valence-corrected chi connectivity index (χ3v) is 4.69. The zero-order valence-electron chi connectivity index (χ0n) is 18.0. The highest BCUT2D eigenvalue weighted by atomic mass is 16.2. The Kier molecular flexibility index (Phi) is 7.99. The first-order chi connectivity index (χ1) is 14.2. The van der Waals surface area contributed by atoms with Crippen LogP contribution in [0.5, 0.6) is 0 Å². The fourth-order valence-corrected chi connectivity index (χ4v) is 3.12. The average molecular weight is 401 g/mol. The molecule has 30 heavy (non-hydrogen) atoms. The predicted octanol–water partition coefficient (Wildman–Crippen LogP) is 6.30. The molecule has 0 fully saturated rings. The molecular weight excluding hydrogens is 372 g/mol. The molecule has 0 amide bonds. The molecule has 3 rings (SSSR count). The Labute approximate surface area is 178 Å². The summed E-state index contributed by atoms with van der Waals surface area (Å²) in [7, 11) is 0. The molecule has 0 aliphatic heterocycles. The van der Waals surface area contributed by atoms with E-state index in [0.29, 0.717) is 11.1 Å². The Morgan fingerprint density at radius 2 is 0.867 bits per heavy atom. The van der Waals surface area contributed by atoms with Crippen molar-refractivity contribution in [2.75, 3.05) is 0 Å². The van der Waals surface area contributed by atoms with Gasteiger partial charge in [-0.15, -0.1) is 0 Å². The Hall–Kier alpha value is -3.33. The number of benzene rings is 3. The van der Waals surface area contributed by atoms with Crippen LogP contribution < -0.4 is 0 Å². The summed E-state index contributed by atoms with van der Waals surface area (Å²) >= 11 is 0. The topological polar surface area (TPSA) is 51.2 Å². The molecule has 0 saturated heterocycles. The van der Waals surface area contributed by atoms with Crippen LogP contribution in [-0.4, -0.2) is 17.3 Å². The van der Waals surface area contributed by atoms with Crippen molar-refractivity contribution in [2.24, 2.45) is 11.3 Å². The fraction of sp³-hybridized carbons (Fsp3) is 0.222. The lowest BCUT2D eigenvalue weighted by Crippen LogP contribution is -2.35. The van der Waals surface area contributed by atoms with Gasteiger partial charge in [-0.3, -0.25) is 14.4 Å². The fourth-order valence-electron chi connectivity index (χ4n) is 3.12. The normalized spacial score (nSPS) is 10.7. The number of hydrogen-bond acceptors (Lipinski definition) is 3. The van der Waals surface area contributed by atoms with Gasteiger partial charge >= 0.3 is 0 Å². The van der Waals surface area contributed by atoms with Crippen molar-refractivity contribution in [1.29, 1.82) is 0 Å². The lowest BCUT2D eigenvalue weighted by molar-refractivity contribution is 0.0693. The average Bonchev–Trinajstić information content (AvgIpc) is 2.75. The minimum atomic E-state index is -0.678. The molecule has 0 bridgehead atoms. The van der Waals surface area contributed by atoms with Crippen molar-refractivity contribution in [3.63, 3.8) is 0 Å². The van der Waals surface area contributed by atoms with Gasteiger partial charge in [0.15, 0.2) is 17.3 Å². The molecule has 3 aromatic carbocycles. The highest BCUT2D eigenvalue weighted by molar-refractivity contribution is 6.16. The van der Waals surface area contributed by atoms with Crippen LogP contribution in [0.2, 0.25) is 0 Å². The van der Waals surface area contributed by atoms with Crippen LogP contribution in [0.15, 0.2) is 91.0 Å². The van der Waals surface area contributed by atoms with E-state index in [2.05, 4.69) is 0 Å². The van der Waals surface area contributed by atoms with Gasteiger partial charge in [0.2, 0.25) is 0 Å². The van der Waals surface area contributed by atoms with Crippen LogP contribution in [0.1, 0.15) is 58.8 Å². The van der Waals surface area contributed by atoms with Gasteiger partial charge in [-0.2, -0.15) is 0 Å². The van der Waals surface area contributed by atoms with E-state index in [0.717, 1.165) is 5.56 Å². The molecule has 3 heteroatoms. The number of rotatable bonds is 5. The number of carbonyl (C=O) groups is 3.